The van der Waals surface area contributed by atoms with Crippen molar-refractivity contribution in [2.75, 3.05) is 0 Å². The van der Waals surface area contributed by atoms with Crippen molar-refractivity contribution >= 4 is 5.97 Å². The van der Waals surface area contributed by atoms with Crippen LogP contribution in [0.4, 0.5) is 0 Å². The summed E-state index contributed by atoms with van der Waals surface area (Å²) in [4.78, 5) is 11.5. The number of unbranched alkanes of at least 4 members (excludes halogenated alkanes) is 1. The van der Waals surface area contributed by atoms with Crippen molar-refractivity contribution < 1.29 is 9.53 Å². The van der Waals surface area contributed by atoms with Gasteiger partial charge in [0.15, 0.2) is 0 Å². The lowest BCUT2D eigenvalue weighted by Gasteiger charge is -2.27. The van der Waals surface area contributed by atoms with E-state index in [1.165, 1.54) is 32.1 Å². The molecule has 0 aromatic heterocycles. The highest BCUT2D eigenvalue weighted by atomic mass is 16.5. The lowest BCUT2D eigenvalue weighted by Crippen LogP contribution is -2.26. The molecule has 1 rings (SSSR count). The van der Waals surface area contributed by atoms with Crippen LogP contribution in [0, 0.1) is 5.92 Å². The smallest absolute Gasteiger partial charge is 0.306 e. The third-order valence-corrected chi connectivity index (χ3v) is 3.35. The summed E-state index contributed by atoms with van der Waals surface area (Å²) in [7, 11) is 0. The fraction of sp³-hybridized carbons (Fsp3) is 0.786. The second-order valence-electron chi connectivity index (χ2n) is 4.69. The van der Waals surface area contributed by atoms with Gasteiger partial charge in [0.05, 0.1) is 0 Å². The maximum Gasteiger partial charge on any atom is 0.306 e. The van der Waals surface area contributed by atoms with Gasteiger partial charge in [0.1, 0.15) is 6.10 Å². The molecule has 1 fully saturated rings. The van der Waals surface area contributed by atoms with Crippen molar-refractivity contribution in [1.29, 1.82) is 0 Å². The van der Waals surface area contributed by atoms with Gasteiger partial charge < -0.3 is 4.74 Å². The number of carbonyl (C=O) groups excluding carboxylic acids is 1. The van der Waals surface area contributed by atoms with Crippen LogP contribution in [0.5, 0.6) is 0 Å². The first-order chi connectivity index (χ1) is 7.77. The summed E-state index contributed by atoms with van der Waals surface area (Å²) in [5.74, 6) is 0.453. The molecule has 0 aromatic rings. The molecule has 2 heteroatoms. The molecule has 0 spiro atoms. The monoisotopic (exact) mass is 224 g/mol. The van der Waals surface area contributed by atoms with E-state index in [1.807, 2.05) is 0 Å². The summed E-state index contributed by atoms with van der Waals surface area (Å²) in [6, 6.07) is 0. The zero-order valence-corrected chi connectivity index (χ0v) is 10.4. The van der Waals surface area contributed by atoms with E-state index in [1.54, 1.807) is 6.08 Å². The molecule has 1 aliphatic rings. The highest BCUT2D eigenvalue weighted by molar-refractivity contribution is 5.69. The normalized spacial score (nSPS) is 19.1. The summed E-state index contributed by atoms with van der Waals surface area (Å²) < 4.78 is 5.48. The van der Waals surface area contributed by atoms with E-state index in [2.05, 4.69) is 13.5 Å². The maximum absolute atomic E-state index is 11.5. The van der Waals surface area contributed by atoms with Gasteiger partial charge in [0.25, 0.3) is 0 Å². The van der Waals surface area contributed by atoms with Crippen LogP contribution in [0.2, 0.25) is 0 Å². The van der Waals surface area contributed by atoms with Crippen LogP contribution in [0.1, 0.15) is 58.3 Å². The second kappa shape index (κ2) is 7.48. The van der Waals surface area contributed by atoms with E-state index >= 15 is 0 Å². The predicted molar refractivity (Wildman–Crippen MR) is 66.2 cm³/mol. The molecule has 1 atom stereocenters. The minimum absolute atomic E-state index is 0.0512. The Labute approximate surface area is 99.1 Å². The van der Waals surface area contributed by atoms with Gasteiger partial charge >= 0.3 is 5.97 Å². The van der Waals surface area contributed by atoms with Gasteiger partial charge in [-0.3, -0.25) is 4.79 Å². The molecular formula is C14H24O2. The third-order valence-electron chi connectivity index (χ3n) is 3.35. The molecule has 1 saturated carbocycles. The lowest BCUT2D eigenvalue weighted by atomic mass is 9.85. The average Bonchev–Trinajstić information content (AvgIpc) is 2.34. The van der Waals surface area contributed by atoms with Crippen molar-refractivity contribution in [2.24, 2.45) is 5.92 Å². The Morgan fingerprint density at radius 2 is 2.12 bits per heavy atom. The van der Waals surface area contributed by atoms with Gasteiger partial charge in [-0.05, 0) is 25.2 Å². The summed E-state index contributed by atoms with van der Waals surface area (Å²) in [5, 5.41) is 0. The number of carbonyl (C=O) groups is 1. The summed E-state index contributed by atoms with van der Waals surface area (Å²) in [6.07, 6.45) is 10.5. The van der Waals surface area contributed by atoms with E-state index in [-0.39, 0.29) is 12.1 Å². The molecule has 0 amide bonds. The van der Waals surface area contributed by atoms with E-state index < -0.39 is 0 Å². The molecule has 0 aliphatic heterocycles. The first-order valence-corrected chi connectivity index (χ1v) is 6.60. The molecule has 1 aliphatic carbocycles. The van der Waals surface area contributed by atoms with Crippen LogP contribution >= 0.6 is 0 Å². The topological polar surface area (TPSA) is 26.3 Å². The number of hydrogen-bond donors (Lipinski definition) is 0. The molecule has 0 bridgehead atoms. The van der Waals surface area contributed by atoms with Gasteiger partial charge in [-0.2, -0.15) is 0 Å². The van der Waals surface area contributed by atoms with Crippen molar-refractivity contribution in [3.05, 3.63) is 12.7 Å². The van der Waals surface area contributed by atoms with Crippen LogP contribution < -0.4 is 0 Å². The summed E-state index contributed by atoms with van der Waals surface area (Å²) >= 11 is 0. The first kappa shape index (κ1) is 13.3. The fourth-order valence-electron chi connectivity index (χ4n) is 2.33. The van der Waals surface area contributed by atoms with Gasteiger partial charge in [-0.15, -0.1) is 0 Å². The Bertz CT molecular complexity index is 217. The minimum Gasteiger partial charge on any atom is -0.458 e. The Morgan fingerprint density at radius 1 is 1.44 bits per heavy atom. The maximum atomic E-state index is 11.5. The molecule has 16 heavy (non-hydrogen) atoms. The van der Waals surface area contributed by atoms with E-state index in [4.69, 9.17) is 4.74 Å². The summed E-state index contributed by atoms with van der Waals surface area (Å²) in [5.41, 5.74) is 0. The number of ether oxygens (including phenoxy) is 1. The van der Waals surface area contributed by atoms with E-state index in [0.717, 1.165) is 12.8 Å². The Balaban J connectivity index is 2.35. The minimum atomic E-state index is -0.0580. The standard InChI is InChI=1S/C14H24O2/c1-3-5-11-14(15)16-13(4-2)12-9-7-6-8-10-12/h4,12-13H,2-3,5-11H2,1H3/t13-/m0/s1. The van der Waals surface area contributed by atoms with Gasteiger partial charge in [-0.25, -0.2) is 0 Å². The Kier molecular flexibility index (Phi) is 6.20. The SMILES string of the molecule is C=C[C@H](OC(=O)CCCC)C1CCCCC1. The van der Waals surface area contributed by atoms with Gasteiger partial charge in [0.2, 0.25) is 0 Å². The van der Waals surface area contributed by atoms with E-state index in [9.17, 15) is 4.79 Å². The van der Waals surface area contributed by atoms with Crippen LogP contribution in [0.25, 0.3) is 0 Å². The molecule has 0 heterocycles. The fourth-order valence-corrected chi connectivity index (χ4v) is 2.33. The third kappa shape index (κ3) is 4.38. The molecule has 0 saturated heterocycles. The van der Waals surface area contributed by atoms with Crippen molar-refractivity contribution in [2.45, 2.75) is 64.4 Å². The highest BCUT2D eigenvalue weighted by Crippen LogP contribution is 2.28. The molecule has 0 aromatic carbocycles. The van der Waals surface area contributed by atoms with Crippen LogP contribution in [0.15, 0.2) is 12.7 Å². The largest absolute Gasteiger partial charge is 0.458 e. The molecule has 0 radical (unpaired) electrons. The molecule has 2 nitrogen and oxygen atoms in total. The highest BCUT2D eigenvalue weighted by Gasteiger charge is 2.24. The number of hydrogen-bond acceptors (Lipinski definition) is 2. The molecule has 0 N–H and O–H groups in total. The van der Waals surface area contributed by atoms with Gasteiger partial charge in [-0.1, -0.05) is 45.3 Å². The zero-order valence-electron chi connectivity index (χ0n) is 10.4. The second-order valence-corrected chi connectivity index (χ2v) is 4.69. The van der Waals surface area contributed by atoms with Crippen LogP contribution in [-0.2, 0) is 9.53 Å². The van der Waals surface area contributed by atoms with Crippen LogP contribution in [0.3, 0.4) is 0 Å². The number of esters is 1. The summed E-state index contributed by atoms with van der Waals surface area (Å²) in [6.45, 7) is 5.88. The van der Waals surface area contributed by atoms with E-state index in [0.29, 0.717) is 12.3 Å². The molecular weight excluding hydrogens is 200 g/mol. The molecule has 92 valence electrons. The lowest BCUT2D eigenvalue weighted by molar-refractivity contribution is -0.149. The zero-order chi connectivity index (χ0) is 11.8. The number of rotatable bonds is 6. The van der Waals surface area contributed by atoms with Crippen molar-refractivity contribution in [1.82, 2.24) is 0 Å². The van der Waals surface area contributed by atoms with Crippen LogP contribution in [-0.4, -0.2) is 12.1 Å². The Hall–Kier alpha value is -0.790. The molecule has 0 unspecified atom stereocenters. The Morgan fingerprint density at radius 3 is 2.69 bits per heavy atom. The van der Waals surface area contributed by atoms with Crippen molar-refractivity contribution in [3.8, 4) is 0 Å². The average molecular weight is 224 g/mol. The van der Waals surface area contributed by atoms with Crippen molar-refractivity contribution in [3.63, 3.8) is 0 Å². The predicted octanol–water partition coefficient (Wildman–Crippen LogP) is 3.85. The first-order valence-electron chi connectivity index (χ1n) is 6.60. The van der Waals surface area contributed by atoms with Gasteiger partial charge in [0, 0.05) is 6.42 Å². The quantitative estimate of drug-likeness (QED) is 0.506.